The Morgan fingerprint density at radius 2 is 2.18 bits per heavy atom. The third-order valence-electron chi connectivity index (χ3n) is 3.60. The lowest BCUT2D eigenvalue weighted by Gasteiger charge is -2.24. The number of rotatable bonds is 3. The fourth-order valence-electron chi connectivity index (χ4n) is 2.53. The largest absolute Gasteiger partial charge is 0.365 e. The lowest BCUT2D eigenvalue weighted by molar-refractivity contribution is -0.119. The summed E-state index contributed by atoms with van der Waals surface area (Å²) in [5.74, 6) is -1.20. The van der Waals surface area contributed by atoms with Gasteiger partial charge in [-0.1, -0.05) is 11.6 Å². The molecule has 0 fully saturated rings. The molecule has 2 amide bonds. The first-order chi connectivity index (χ1) is 10.5. The van der Waals surface area contributed by atoms with Gasteiger partial charge < -0.3 is 10.6 Å². The SMILES string of the molecule is NC(=O)c1c(-c2ccc(F)c(Cl)c2)nn2c1CN(C=O)CC2. The summed E-state index contributed by atoms with van der Waals surface area (Å²) in [6.45, 7) is 1.22. The van der Waals surface area contributed by atoms with Crippen molar-refractivity contribution in [3.8, 4) is 11.3 Å². The molecule has 8 heteroatoms. The number of benzene rings is 1. The van der Waals surface area contributed by atoms with E-state index in [2.05, 4.69) is 5.10 Å². The van der Waals surface area contributed by atoms with Gasteiger partial charge in [0.15, 0.2) is 0 Å². The van der Waals surface area contributed by atoms with Crippen LogP contribution in [0.1, 0.15) is 16.1 Å². The Morgan fingerprint density at radius 1 is 1.41 bits per heavy atom. The van der Waals surface area contributed by atoms with Gasteiger partial charge in [0.25, 0.3) is 5.91 Å². The fraction of sp³-hybridized carbons (Fsp3) is 0.214. The standard InChI is InChI=1S/C14H12ClFN4O2/c15-9-5-8(1-2-10(9)16)13-12(14(17)22)11-6-19(7-21)3-4-20(11)18-13/h1-2,5,7H,3-4,6H2,(H2,17,22). The molecule has 1 aliphatic heterocycles. The molecule has 6 nitrogen and oxygen atoms in total. The van der Waals surface area contributed by atoms with Crippen molar-refractivity contribution < 1.29 is 14.0 Å². The molecule has 2 aromatic rings. The number of primary amides is 1. The maximum absolute atomic E-state index is 13.3. The topological polar surface area (TPSA) is 81.2 Å². The van der Waals surface area contributed by atoms with Crippen molar-refractivity contribution in [1.82, 2.24) is 14.7 Å². The van der Waals surface area contributed by atoms with Crippen molar-refractivity contribution in [2.45, 2.75) is 13.1 Å². The minimum Gasteiger partial charge on any atom is -0.365 e. The highest BCUT2D eigenvalue weighted by Gasteiger charge is 2.27. The molecule has 2 heterocycles. The molecule has 2 N–H and O–H groups in total. The summed E-state index contributed by atoms with van der Waals surface area (Å²) in [7, 11) is 0. The zero-order valence-electron chi connectivity index (χ0n) is 11.4. The molecule has 3 rings (SSSR count). The van der Waals surface area contributed by atoms with Crippen LogP contribution >= 0.6 is 11.6 Å². The summed E-state index contributed by atoms with van der Waals surface area (Å²) < 4.78 is 14.9. The lowest BCUT2D eigenvalue weighted by Crippen LogP contribution is -2.34. The van der Waals surface area contributed by atoms with E-state index >= 15 is 0 Å². The molecule has 1 aliphatic rings. The summed E-state index contributed by atoms with van der Waals surface area (Å²) in [5.41, 5.74) is 7.11. The number of hydrogen-bond donors (Lipinski definition) is 1. The minimum absolute atomic E-state index is 0.0617. The molecule has 0 aliphatic carbocycles. The maximum Gasteiger partial charge on any atom is 0.252 e. The molecule has 114 valence electrons. The second-order valence-corrected chi connectivity index (χ2v) is 5.37. The second kappa shape index (κ2) is 5.42. The zero-order valence-corrected chi connectivity index (χ0v) is 12.2. The summed E-state index contributed by atoms with van der Waals surface area (Å²) in [6.07, 6.45) is 0.718. The Labute approximate surface area is 130 Å². The van der Waals surface area contributed by atoms with Crippen molar-refractivity contribution in [3.05, 3.63) is 40.3 Å². The van der Waals surface area contributed by atoms with Crippen LogP contribution in [0.5, 0.6) is 0 Å². The molecule has 0 saturated heterocycles. The number of nitrogens with two attached hydrogens (primary N) is 1. The van der Waals surface area contributed by atoms with E-state index in [1.165, 1.54) is 23.1 Å². The van der Waals surface area contributed by atoms with Crippen LogP contribution in [0.25, 0.3) is 11.3 Å². The number of aromatic nitrogens is 2. The van der Waals surface area contributed by atoms with E-state index in [-0.39, 0.29) is 17.1 Å². The van der Waals surface area contributed by atoms with E-state index in [9.17, 15) is 14.0 Å². The van der Waals surface area contributed by atoms with Crippen molar-refractivity contribution in [1.29, 1.82) is 0 Å². The molecule has 0 saturated carbocycles. The van der Waals surface area contributed by atoms with Gasteiger partial charge in [-0.25, -0.2) is 4.39 Å². The van der Waals surface area contributed by atoms with Gasteiger partial charge in [-0.15, -0.1) is 0 Å². The van der Waals surface area contributed by atoms with Gasteiger partial charge >= 0.3 is 0 Å². The molecule has 0 spiro atoms. The number of fused-ring (bicyclic) bond motifs is 1. The van der Waals surface area contributed by atoms with Crippen molar-refractivity contribution in [2.75, 3.05) is 6.54 Å². The van der Waals surface area contributed by atoms with Gasteiger partial charge in [-0.05, 0) is 18.2 Å². The Bertz CT molecular complexity index is 774. The zero-order chi connectivity index (χ0) is 15.9. The predicted octanol–water partition coefficient (Wildman–Crippen LogP) is 1.41. The summed E-state index contributed by atoms with van der Waals surface area (Å²) >= 11 is 5.79. The minimum atomic E-state index is -0.649. The number of amides is 2. The van der Waals surface area contributed by atoms with Crippen LogP contribution < -0.4 is 5.73 Å². The normalized spacial score (nSPS) is 13.8. The van der Waals surface area contributed by atoms with Crippen LogP contribution in [0.2, 0.25) is 5.02 Å². The van der Waals surface area contributed by atoms with E-state index in [0.29, 0.717) is 30.0 Å². The number of nitrogens with zero attached hydrogens (tertiary/aromatic N) is 3. The van der Waals surface area contributed by atoms with Gasteiger partial charge in [0.05, 0.1) is 29.4 Å². The Morgan fingerprint density at radius 3 is 2.82 bits per heavy atom. The van der Waals surface area contributed by atoms with Gasteiger partial charge in [-0.3, -0.25) is 14.3 Å². The molecule has 0 atom stereocenters. The van der Waals surface area contributed by atoms with Crippen molar-refractivity contribution in [2.24, 2.45) is 5.73 Å². The summed E-state index contributed by atoms with van der Waals surface area (Å²) in [4.78, 5) is 24.3. The average molecular weight is 323 g/mol. The van der Waals surface area contributed by atoms with Gasteiger partial charge in [-0.2, -0.15) is 5.10 Å². The Hall–Kier alpha value is -2.41. The van der Waals surface area contributed by atoms with Gasteiger partial charge in [0.1, 0.15) is 11.5 Å². The highest BCUT2D eigenvalue weighted by Crippen LogP contribution is 2.30. The van der Waals surface area contributed by atoms with Crippen LogP contribution in [0.15, 0.2) is 18.2 Å². The van der Waals surface area contributed by atoms with Crippen LogP contribution in [0, 0.1) is 5.82 Å². The van der Waals surface area contributed by atoms with Gasteiger partial charge in [0.2, 0.25) is 6.41 Å². The second-order valence-electron chi connectivity index (χ2n) is 4.96. The summed E-state index contributed by atoms with van der Waals surface area (Å²) in [5, 5.41) is 4.31. The van der Waals surface area contributed by atoms with Crippen LogP contribution in [0.4, 0.5) is 4.39 Å². The van der Waals surface area contributed by atoms with Crippen LogP contribution in [-0.4, -0.2) is 33.5 Å². The molecule has 0 unspecified atom stereocenters. The Kier molecular flexibility index (Phi) is 3.58. The quantitative estimate of drug-likeness (QED) is 0.868. The first kappa shape index (κ1) is 14.5. The van der Waals surface area contributed by atoms with Gasteiger partial charge in [0, 0.05) is 12.1 Å². The molecule has 1 aromatic heterocycles. The van der Waals surface area contributed by atoms with Crippen molar-refractivity contribution >= 4 is 23.9 Å². The first-order valence-electron chi connectivity index (χ1n) is 6.55. The molecular weight excluding hydrogens is 311 g/mol. The molecule has 0 bridgehead atoms. The van der Waals surface area contributed by atoms with E-state index in [4.69, 9.17) is 17.3 Å². The van der Waals surface area contributed by atoms with E-state index in [1.807, 2.05) is 0 Å². The predicted molar refractivity (Wildman–Crippen MR) is 77.6 cm³/mol. The van der Waals surface area contributed by atoms with E-state index < -0.39 is 11.7 Å². The first-order valence-corrected chi connectivity index (χ1v) is 6.93. The van der Waals surface area contributed by atoms with Crippen LogP contribution in [0.3, 0.4) is 0 Å². The Balaban J connectivity index is 2.16. The maximum atomic E-state index is 13.3. The number of hydrogen-bond acceptors (Lipinski definition) is 3. The van der Waals surface area contributed by atoms with Crippen molar-refractivity contribution in [3.63, 3.8) is 0 Å². The smallest absolute Gasteiger partial charge is 0.252 e. The molecule has 22 heavy (non-hydrogen) atoms. The third-order valence-corrected chi connectivity index (χ3v) is 3.89. The summed E-state index contributed by atoms with van der Waals surface area (Å²) in [6, 6.07) is 4.09. The monoisotopic (exact) mass is 322 g/mol. The lowest BCUT2D eigenvalue weighted by atomic mass is 10.0. The van der Waals surface area contributed by atoms with E-state index in [1.54, 1.807) is 4.68 Å². The number of halogens is 2. The molecule has 1 aromatic carbocycles. The average Bonchev–Trinajstić information content (AvgIpc) is 2.88. The molecular formula is C14H12ClFN4O2. The third kappa shape index (κ3) is 2.33. The number of carbonyl (C=O) groups is 2. The molecule has 0 radical (unpaired) electrons. The highest BCUT2D eigenvalue weighted by atomic mass is 35.5. The highest BCUT2D eigenvalue weighted by molar-refractivity contribution is 6.31. The van der Waals surface area contributed by atoms with E-state index in [0.717, 1.165) is 6.41 Å². The number of carbonyl (C=O) groups excluding carboxylic acids is 2. The fourth-order valence-corrected chi connectivity index (χ4v) is 2.71. The van der Waals surface area contributed by atoms with Crippen LogP contribution in [-0.2, 0) is 17.9 Å².